The van der Waals surface area contributed by atoms with Gasteiger partial charge >= 0.3 is 5.97 Å². The molecule has 0 aliphatic rings. The molecule has 4 rings (SSSR count). The Labute approximate surface area is 280 Å². The molecular weight excluding hydrogens is 586 g/mol. The molecule has 47 heavy (non-hydrogen) atoms. The van der Waals surface area contributed by atoms with Gasteiger partial charge in [-0.3, -0.25) is 0 Å². The van der Waals surface area contributed by atoms with Gasteiger partial charge in [-0.15, -0.1) is 0 Å². The Hall–Kier alpha value is -4.26. The number of ether oxygens (including phenoxy) is 1. The molecule has 0 fully saturated rings. The SMILES string of the molecule is CCCCCCCCCC(CCCCCCC)COC(=O)c1cccc(-c2nc(-c3ccccc3O)nc(-c3ccccc3O)n2)c1. The third kappa shape index (κ3) is 11.2. The minimum absolute atomic E-state index is 0.0293. The molecule has 1 atom stereocenters. The van der Waals surface area contributed by atoms with E-state index in [-0.39, 0.29) is 29.1 Å². The first-order chi connectivity index (χ1) is 23.0. The number of rotatable bonds is 20. The van der Waals surface area contributed by atoms with E-state index in [2.05, 4.69) is 28.8 Å². The number of benzene rings is 3. The van der Waals surface area contributed by atoms with Crippen LogP contribution >= 0.6 is 0 Å². The van der Waals surface area contributed by atoms with Crippen molar-refractivity contribution < 1.29 is 19.7 Å². The lowest BCUT2D eigenvalue weighted by molar-refractivity contribution is 0.0422. The van der Waals surface area contributed by atoms with E-state index in [1.54, 1.807) is 66.7 Å². The van der Waals surface area contributed by atoms with Crippen molar-refractivity contribution >= 4 is 5.97 Å². The molecule has 0 saturated heterocycles. The molecule has 0 aliphatic heterocycles. The number of hydrogen-bond acceptors (Lipinski definition) is 7. The Morgan fingerprint density at radius 1 is 0.617 bits per heavy atom. The molecule has 3 aromatic carbocycles. The summed E-state index contributed by atoms with van der Waals surface area (Å²) in [6.07, 6.45) is 17.3. The summed E-state index contributed by atoms with van der Waals surface area (Å²) in [7, 11) is 0. The topological polar surface area (TPSA) is 105 Å². The first-order valence-electron chi connectivity index (χ1n) is 17.6. The van der Waals surface area contributed by atoms with Gasteiger partial charge in [0.15, 0.2) is 17.5 Å². The number of phenolic OH excluding ortho intramolecular Hbond substituents is 2. The van der Waals surface area contributed by atoms with Crippen LogP contribution in [0.25, 0.3) is 34.2 Å². The number of esters is 1. The zero-order valence-electron chi connectivity index (χ0n) is 28.2. The fraction of sp³-hybridized carbons (Fsp3) is 0.450. The Bertz CT molecular complexity index is 1480. The highest BCUT2D eigenvalue weighted by molar-refractivity contribution is 5.90. The number of nitrogens with zero attached hydrogens (tertiary/aromatic N) is 3. The lowest BCUT2D eigenvalue weighted by Gasteiger charge is -2.17. The predicted molar refractivity (Wildman–Crippen MR) is 189 cm³/mol. The van der Waals surface area contributed by atoms with Crippen molar-refractivity contribution in [1.82, 2.24) is 15.0 Å². The van der Waals surface area contributed by atoms with Crippen molar-refractivity contribution in [3.05, 3.63) is 78.4 Å². The molecule has 0 spiro atoms. The molecule has 1 aromatic heterocycles. The number of carbonyl (C=O) groups is 1. The summed E-state index contributed by atoms with van der Waals surface area (Å²) in [6, 6.07) is 20.7. The van der Waals surface area contributed by atoms with Gasteiger partial charge in [-0.1, -0.05) is 127 Å². The first-order valence-corrected chi connectivity index (χ1v) is 17.6. The van der Waals surface area contributed by atoms with Crippen LogP contribution in [-0.4, -0.2) is 37.7 Å². The van der Waals surface area contributed by atoms with Crippen LogP contribution in [0.2, 0.25) is 0 Å². The van der Waals surface area contributed by atoms with Crippen LogP contribution in [0.1, 0.15) is 114 Å². The maximum absolute atomic E-state index is 13.3. The lowest BCUT2D eigenvalue weighted by atomic mass is 9.95. The van der Waals surface area contributed by atoms with Crippen molar-refractivity contribution in [2.45, 2.75) is 104 Å². The van der Waals surface area contributed by atoms with Crippen LogP contribution in [0.5, 0.6) is 11.5 Å². The minimum Gasteiger partial charge on any atom is -0.507 e. The predicted octanol–water partition coefficient (Wildman–Crippen LogP) is 10.6. The highest BCUT2D eigenvalue weighted by Crippen LogP contribution is 2.32. The van der Waals surface area contributed by atoms with E-state index in [9.17, 15) is 15.0 Å². The van der Waals surface area contributed by atoms with Crippen LogP contribution in [-0.2, 0) is 4.74 Å². The van der Waals surface area contributed by atoms with Crippen LogP contribution < -0.4 is 0 Å². The molecule has 250 valence electrons. The number of hydrogen-bond donors (Lipinski definition) is 2. The van der Waals surface area contributed by atoms with Crippen LogP contribution in [0.3, 0.4) is 0 Å². The summed E-state index contributed by atoms with van der Waals surface area (Å²) in [5.74, 6) is 0.889. The highest BCUT2D eigenvalue weighted by Gasteiger charge is 2.18. The number of phenols is 2. The van der Waals surface area contributed by atoms with E-state index in [0.29, 0.717) is 40.6 Å². The summed E-state index contributed by atoms with van der Waals surface area (Å²) in [5.41, 5.74) is 1.90. The third-order valence-corrected chi connectivity index (χ3v) is 8.66. The standard InChI is InChI=1S/C40H51N3O4/c1-3-5-7-9-10-12-14-21-30(20-13-11-8-6-4-2)29-47-40(46)32-23-19-22-31(28-32)37-41-38(33-24-15-17-26-35(33)44)43-39(42-37)34-25-16-18-27-36(34)45/h15-19,22-28,30,44-45H,3-14,20-21,29H2,1-2H3. The molecule has 4 aromatic rings. The van der Waals surface area contributed by atoms with Gasteiger partial charge in [-0.2, -0.15) is 0 Å². The minimum atomic E-state index is -0.363. The van der Waals surface area contributed by atoms with Gasteiger partial charge in [-0.25, -0.2) is 19.7 Å². The molecular formula is C40H51N3O4. The number of para-hydroxylation sites is 2. The van der Waals surface area contributed by atoms with Gasteiger partial charge in [0.2, 0.25) is 0 Å². The Morgan fingerprint density at radius 2 is 1.11 bits per heavy atom. The molecule has 7 nitrogen and oxygen atoms in total. The number of carbonyl (C=O) groups excluding carboxylic acids is 1. The largest absolute Gasteiger partial charge is 0.507 e. The van der Waals surface area contributed by atoms with E-state index in [4.69, 9.17) is 4.74 Å². The molecule has 0 bridgehead atoms. The zero-order valence-corrected chi connectivity index (χ0v) is 28.2. The quantitative estimate of drug-likeness (QED) is 0.0733. The van der Waals surface area contributed by atoms with Gasteiger partial charge in [-0.05, 0) is 55.2 Å². The average molecular weight is 638 g/mol. The summed E-state index contributed by atoms with van der Waals surface area (Å²) in [6.45, 7) is 4.91. The maximum Gasteiger partial charge on any atom is 0.338 e. The second kappa shape index (κ2) is 19.4. The van der Waals surface area contributed by atoms with Gasteiger partial charge in [0, 0.05) is 5.56 Å². The number of aromatic nitrogens is 3. The van der Waals surface area contributed by atoms with Crippen molar-refractivity contribution in [2.24, 2.45) is 5.92 Å². The molecule has 0 aliphatic carbocycles. The molecule has 1 unspecified atom stereocenters. The van der Waals surface area contributed by atoms with Crippen LogP contribution in [0, 0.1) is 5.92 Å². The van der Waals surface area contributed by atoms with Crippen molar-refractivity contribution in [3.63, 3.8) is 0 Å². The maximum atomic E-state index is 13.3. The van der Waals surface area contributed by atoms with E-state index in [1.807, 2.05) is 6.07 Å². The second-order valence-electron chi connectivity index (χ2n) is 12.5. The van der Waals surface area contributed by atoms with E-state index in [1.165, 1.54) is 77.0 Å². The van der Waals surface area contributed by atoms with Crippen LogP contribution in [0.4, 0.5) is 0 Å². The summed E-state index contributed by atoms with van der Waals surface area (Å²) in [5, 5.41) is 21.1. The van der Waals surface area contributed by atoms with E-state index >= 15 is 0 Å². The van der Waals surface area contributed by atoms with Gasteiger partial charge in [0.25, 0.3) is 0 Å². The molecule has 2 N–H and O–H groups in total. The Morgan fingerprint density at radius 3 is 1.64 bits per heavy atom. The molecule has 0 saturated carbocycles. The average Bonchev–Trinajstić information content (AvgIpc) is 3.09. The summed E-state index contributed by atoms with van der Waals surface area (Å²) >= 11 is 0. The fourth-order valence-corrected chi connectivity index (χ4v) is 5.87. The van der Waals surface area contributed by atoms with Crippen molar-refractivity contribution in [2.75, 3.05) is 6.61 Å². The molecule has 0 radical (unpaired) electrons. The first kappa shape index (κ1) is 35.6. The van der Waals surface area contributed by atoms with Gasteiger partial charge in [0.05, 0.1) is 23.3 Å². The van der Waals surface area contributed by atoms with E-state index < -0.39 is 0 Å². The molecule has 1 heterocycles. The smallest absolute Gasteiger partial charge is 0.338 e. The van der Waals surface area contributed by atoms with E-state index in [0.717, 1.165) is 12.8 Å². The van der Waals surface area contributed by atoms with Gasteiger partial charge < -0.3 is 14.9 Å². The van der Waals surface area contributed by atoms with Crippen molar-refractivity contribution in [3.8, 4) is 45.7 Å². The highest BCUT2D eigenvalue weighted by atomic mass is 16.5. The monoisotopic (exact) mass is 637 g/mol. The number of unbranched alkanes of at least 4 members (excludes halogenated alkanes) is 10. The van der Waals surface area contributed by atoms with Crippen LogP contribution in [0.15, 0.2) is 72.8 Å². The molecule has 7 heteroatoms. The summed E-state index contributed by atoms with van der Waals surface area (Å²) in [4.78, 5) is 27.3. The Kier molecular flexibility index (Phi) is 14.7. The Balaban J connectivity index is 1.49. The normalized spacial score (nSPS) is 11.8. The zero-order chi connectivity index (χ0) is 33.3. The third-order valence-electron chi connectivity index (χ3n) is 8.66. The fourth-order valence-electron chi connectivity index (χ4n) is 5.87. The summed E-state index contributed by atoms with van der Waals surface area (Å²) < 4.78 is 5.93. The van der Waals surface area contributed by atoms with Crippen molar-refractivity contribution in [1.29, 1.82) is 0 Å². The lowest BCUT2D eigenvalue weighted by Crippen LogP contribution is -2.15. The second-order valence-corrected chi connectivity index (χ2v) is 12.5. The van der Waals surface area contributed by atoms with Gasteiger partial charge in [0.1, 0.15) is 11.5 Å². The number of aromatic hydroxyl groups is 2. The molecule has 0 amide bonds.